The van der Waals surface area contributed by atoms with Gasteiger partial charge in [0, 0.05) is 68.8 Å². The topological polar surface area (TPSA) is 11.4 Å². The number of hydrogen-bond donors (Lipinski definition) is 0. The fourth-order valence-corrected chi connectivity index (χ4v) is 11.0. The molecule has 0 saturated heterocycles. The molecule has 0 N–H and O–H groups in total. The number of nitrogens with zero attached hydrogens (tertiary/aromatic N) is 3. The van der Waals surface area contributed by atoms with Gasteiger partial charge in [-0.1, -0.05) is 147 Å². The van der Waals surface area contributed by atoms with Gasteiger partial charge >= 0.3 is 0 Å². The van der Waals surface area contributed by atoms with Crippen molar-refractivity contribution in [3.63, 3.8) is 0 Å². The van der Waals surface area contributed by atoms with Crippen LogP contribution in [0, 0.1) is 0 Å². The Morgan fingerprint density at radius 3 is 1.38 bits per heavy atom. The van der Waals surface area contributed by atoms with E-state index in [1.807, 2.05) is 0 Å². The summed E-state index contributed by atoms with van der Waals surface area (Å²) in [4.78, 5) is 4.91. The Bertz CT molecular complexity index is 3460. The molecule has 0 fully saturated rings. The predicted octanol–water partition coefficient (Wildman–Crippen LogP) is 16.0. The molecule has 0 atom stereocenters. The summed E-state index contributed by atoms with van der Waals surface area (Å²) in [6, 6.07) is 74.2. The van der Waals surface area contributed by atoms with Crippen LogP contribution >= 0.6 is 0 Å². The van der Waals surface area contributed by atoms with E-state index in [9.17, 15) is 0 Å². The summed E-state index contributed by atoms with van der Waals surface area (Å²) in [5.74, 6) is 0. The van der Waals surface area contributed by atoms with E-state index < -0.39 is 0 Å². The molecule has 0 radical (unpaired) electrons. The minimum absolute atomic E-state index is 0.162. The lowest BCUT2D eigenvalue weighted by Gasteiger charge is -2.34. The number of rotatable bonds is 5. The van der Waals surface area contributed by atoms with Crippen LogP contribution in [0.5, 0.6) is 0 Å². The Balaban J connectivity index is 0.876. The van der Waals surface area contributed by atoms with E-state index in [0.717, 1.165) is 18.5 Å². The molecule has 3 heterocycles. The molecule has 1 aliphatic carbocycles. The molecule has 64 heavy (non-hydrogen) atoms. The highest BCUT2D eigenvalue weighted by molar-refractivity contribution is 6.11. The Labute approximate surface area is 374 Å². The summed E-state index contributed by atoms with van der Waals surface area (Å²) in [7, 11) is 0. The summed E-state index contributed by atoms with van der Waals surface area (Å²) in [6.07, 6.45) is 6.47. The van der Waals surface area contributed by atoms with Gasteiger partial charge in [0.05, 0.1) is 11.0 Å². The lowest BCUT2D eigenvalue weighted by atomic mass is 9.81. The van der Waals surface area contributed by atoms with Gasteiger partial charge in [-0.3, -0.25) is 0 Å². The van der Waals surface area contributed by atoms with Crippen molar-refractivity contribution >= 4 is 68.1 Å². The van der Waals surface area contributed by atoms with Gasteiger partial charge in [0.25, 0.3) is 0 Å². The second kappa shape index (κ2) is 14.1. The van der Waals surface area contributed by atoms with Gasteiger partial charge in [0.1, 0.15) is 0 Å². The van der Waals surface area contributed by atoms with E-state index in [1.54, 1.807) is 0 Å². The average Bonchev–Trinajstić information content (AvgIpc) is 3.78. The van der Waals surface area contributed by atoms with E-state index in [0.29, 0.717) is 0 Å². The van der Waals surface area contributed by atoms with Crippen LogP contribution in [0.2, 0.25) is 0 Å². The number of anilines is 6. The number of para-hydroxylation sites is 5. The minimum atomic E-state index is -0.162. The third-order valence-corrected chi connectivity index (χ3v) is 14.1. The Kier molecular flexibility index (Phi) is 8.08. The first-order chi connectivity index (χ1) is 31.5. The van der Waals surface area contributed by atoms with Crippen molar-refractivity contribution in [2.75, 3.05) is 9.80 Å². The molecule has 0 amide bonds. The highest BCUT2D eigenvalue weighted by atomic mass is 15.2. The molecular formula is C61H45N3. The zero-order valence-corrected chi connectivity index (χ0v) is 36.0. The van der Waals surface area contributed by atoms with Crippen LogP contribution in [0.25, 0.3) is 50.8 Å². The molecule has 1 aromatic heterocycles. The maximum atomic E-state index is 2.46. The maximum absolute atomic E-state index is 2.46. The van der Waals surface area contributed by atoms with Crippen molar-refractivity contribution in [2.24, 2.45) is 0 Å². The first kappa shape index (κ1) is 36.7. The largest absolute Gasteiger partial charge is 0.310 e. The second-order valence-corrected chi connectivity index (χ2v) is 18.2. The zero-order chi connectivity index (χ0) is 42.5. The first-order valence-electron chi connectivity index (χ1n) is 22.5. The predicted molar refractivity (Wildman–Crippen MR) is 269 cm³/mol. The lowest BCUT2D eigenvalue weighted by molar-refractivity contribution is 0.660. The molecule has 0 spiro atoms. The summed E-state index contributed by atoms with van der Waals surface area (Å²) in [6.45, 7) is 4.78. The quantitative estimate of drug-likeness (QED) is 0.160. The highest BCUT2D eigenvalue weighted by Crippen LogP contribution is 2.52. The van der Waals surface area contributed by atoms with Gasteiger partial charge in [-0.05, 0) is 134 Å². The van der Waals surface area contributed by atoms with Crippen LogP contribution in [0.1, 0.15) is 58.4 Å². The van der Waals surface area contributed by atoms with Gasteiger partial charge in [-0.2, -0.15) is 0 Å². The Morgan fingerprint density at radius 2 is 0.797 bits per heavy atom. The zero-order valence-electron chi connectivity index (χ0n) is 36.0. The smallest absolute Gasteiger partial charge is 0.0542 e. The fourth-order valence-electron chi connectivity index (χ4n) is 11.0. The van der Waals surface area contributed by atoms with E-state index in [2.05, 4.69) is 241 Å². The number of aromatic nitrogens is 1. The van der Waals surface area contributed by atoms with Gasteiger partial charge in [-0.25, -0.2) is 0 Å². The van der Waals surface area contributed by atoms with Crippen molar-refractivity contribution in [3.8, 4) is 16.8 Å². The summed E-state index contributed by atoms with van der Waals surface area (Å²) in [5, 5.41) is 2.47. The van der Waals surface area contributed by atoms with Crippen molar-refractivity contribution in [2.45, 2.75) is 32.1 Å². The highest BCUT2D eigenvalue weighted by Gasteiger charge is 2.37. The van der Waals surface area contributed by atoms with Crippen LogP contribution in [0.4, 0.5) is 34.1 Å². The molecule has 3 aliphatic rings. The summed E-state index contributed by atoms with van der Waals surface area (Å²) >= 11 is 0. The molecule has 304 valence electrons. The first-order valence-corrected chi connectivity index (χ1v) is 22.5. The van der Waals surface area contributed by atoms with Crippen LogP contribution in [0.15, 0.2) is 200 Å². The molecular weight excluding hydrogens is 775 g/mol. The van der Waals surface area contributed by atoms with Gasteiger partial charge in [0.2, 0.25) is 0 Å². The molecule has 0 bridgehead atoms. The standard InChI is InChI=1S/C61H45N3/c1-61(2)53-35-41(26-30-49(53)50-31-28-48(39-54(50)61)64-57-22-12-8-16-44(57)37-45-17-9-13-23-58(45)64)25-24-40-27-32-59-51(34-40)52-38-47(29-33-60(52)62(59)46-18-4-3-5-19-46)63-55-20-10-6-14-42(55)36-43-15-7-11-21-56(43)63/h3-35,38-39H,36-37H2,1-2H3/b25-24+. The molecule has 0 unspecified atom stereocenters. The SMILES string of the molecule is CC1(C)c2cc(/C=C/c3ccc4c(c3)c3cc(N5c6ccccc6Cc6ccccc65)ccc3n4-c3ccccc3)ccc2-c2ccc(N3c4ccccc4Cc4ccccc43)cc21. The number of fused-ring (bicyclic) bond motifs is 10. The van der Waals surface area contributed by atoms with E-state index in [1.165, 1.54) is 112 Å². The lowest BCUT2D eigenvalue weighted by Crippen LogP contribution is -2.20. The van der Waals surface area contributed by atoms with E-state index in [-0.39, 0.29) is 5.41 Å². The summed E-state index contributed by atoms with van der Waals surface area (Å²) in [5.41, 5.74) is 24.0. The molecule has 13 rings (SSSR count). The van der Waals surface area contributed by atoms with Crippen molar-refractivity contribution in [3.05, 3.63) is 245 Å². The van der Waals surface area contributed by atoms with Gasteiger partial charge in [0.15, 0.2) is 0 Å². The van der Waals surface area contributed by atoms with Crippen molar-refractivity contribution in [1.29, 1.82) is 0 Å². The Morgan fingerprint density at radius 1 is 0.375 bits per heavy atom. The molecule has 0 saturated carbocycles. The van der Waals surface area contributed by atoms with Crippen LogP contribution in [0.3, 0.4) is 0 Å². The normalized spacial score (nSPS) is 14.3. The molecule has 2 aliphatic heterocycles. The third kappa shape index (κ3) is 5.60. The average molecular weight is 820 g/mol. The second-order valence-electron chi connectivity index (χ2n) is 18.2. The van der Waals surface area contributed by atoms with Crippen LogP contribution < -0.4 is 9.80 Å². The van der Waals surface area contributed by atoms with E-state index >= 15 is 0 Å². The van der Waals surface area contributed by atoms with Gasteiger partial charge in [-0.15, -0.1) is 0 Å². The number of benzene rings is 9. The monoisotopic (exact) mass is 819 g/mol. The van der Waals surface area contributed by atoms with E-state index in [4.69, 9.17) is 0 Å². The Hall–Kier alpha value is -7.88. The molecule has 10 aromatic rings. The van der Waals surface area contributed by atoms with Gasteiger partial charge < -0.3 is 14.4 Å². The molecule has 3 heteroatoms. The minimum Gasteiger partial charge on any atom is -0.310 e. The fraction of sp³-hybridized carbons (Fsp3) is 0.0820. The third-order valence-electron chi connectivity index (χ3n) is 14.1. The van der Waals surface area contributed by atoms with Crippen molar-refractivity contribution in [1.82, 2.24) is 4.57 Å². The van der Waals surface area contributed by atoms with Crippen molar-refractivity contribution < 1.29 is 0 Å². The van der Waals surface area contributed by atoms with Crippen LogP contribution in [-0.4, -0.2) is 4.57 Å². The maximum Gasteiger partial charge on any atom is 0.0542 e. The molecule has 9 aromatic carbocycles. The summed E-state index contributed by atoms with van der Waals surface area (Å²) < 4.78 is 2.41. The number of hydrogen-bond acceptors (Lipinski definition) is 2. The van der Waals surface area contributed by atoms with Crippen LogP contribution in [-0.2, 0) is 18.3 Å². The molecule has 3 nitrogen and oxygen atoms in total.